The Kier molecular flexibility index (Phi) is 3.38. The SMILES string of the molecule is COC(=O)C1(CNc2cc(Br)ccc2F)CC1. The van der Waals surface area contributed by atoms with Crippen LogP contribution in [0.15, 0.2) is 22.7 Å². The zero-order chi connectivity index (χ0) is 12.5. The topological polar surface area (TPSA) is 38.3 Å². The number of carbonyl (C=O) groups excluding carboxylic acids is 1. The molecule has 1 aromatic carbocycles. The molecule has 0 spiro atoms. The Morgan fingerprint density at radius 3 is 2.88 bits per heavy atom. The van der Waals surface area contributed by atoms with Crippen molar-refractivity contribution >= 4 is 27.6 Å². The molecule has 5 heteroatoms. The van der Waals surface area contributed by atoms with Crippen molar-refractivity contribution in [1.82, 2.24) is 0 Å². The minimum absolute atomic E-state index is 0.222. The molecule has 1 N–H and O–H groups in total. The van der Waals surface area contributed by atoms with Gasteiger partial charge >= 0.3 is 5.97 Å². The molecule has 0 saturated heterocycles. The van der Waals surface area contributed by atoms with Crippen LogP contribution in [0.1, 0.15) is 12.8 Å². The van der Waals surface area contributed by atoms with Gasteiger partial charge in [0.05, 0.1) is 18.2 Å². The van der Waals surface area contributed by atoms with E-state index in [1.807, 2.05) is 0 Å². The summed E-state index contributed by atoms with van der Waals surface area (Å²) in [5.41, 5.74) is -0.0571. The average Bonchev–Trinajstić information content (AvgIpc) is 3.10. The average molecular weight is 302 g/mol. The summed E-state index contributed by atoms with van der Waals surface area (Å²) in [7, 11) is 1.38. The second kappa shape index (κ2) is 4.64. The lowest BCUT2D eigenvalue weighted by atomic mass is 10.1. The van der Waals surface area contributed by atoms with E-state index in [4.69, 9.17) is 4.74 Å². The third kappa shape index (κ3) is 2.60. The zero-order valence-corrected chi connectivity index (χ0v) is 11.0. The predicted octanol–water partition coefficient (Wildman–Crippen LogP) is 2.95. The zero-order valence-electron chi connectivity index (χ0n) is 9.43. The normalized spacial score (nSPS) is 16.4. The Labute approximate surface area is 107 Å². The number of hydrogen-bond acceptors (Lipinski definition) is 3. The summed E-state index contributed by atoms with van der Waals surface area (Å²) >= 11 is 3.28. The molecule has 0 radical (unpaired) electrons. The van der Waals surface area contributed by atoms with Crippen molar-refractivity contribution in [3.8, 4) is 0 Å². The molecule has 17 heavy (non-hydrogen) atoms. The van der Waals surface area contributed by atoms with Crippen LogP contribution in [-0.4, -0.2) is 19.6 Å². The Morgan fingerprint density at radius 1 is 1.59 bits per heavy atom. The van der Waals surface area contributed by atoms with Crippen LogP contribution in [0, 0.1) is 11.2 Å². The molecule has 2 rings (SSSR count). The summed E-state index contributed by atoms with van der Waals surface area (Å²) in [5.74, 6) is -0.547. The first kappa shape index (κ1) is 12.4. The summed E-state index contributed by atoms with van der Waals surface area (Å²) in [6.45, 7) is 0.410. The molecule has 3 nitrogen and oxygen atoms in total. The smallest absolute Gasteiger partial charge is 0.313 e. The Morgan fingerprint density at radius 2 is 2.29 bits per heavy atom. The largest absolute Gasteiger partial charge is 0.469 e. The number of anilines is 1. The first-order chi connectivity index (χ1) is 8.07. The van der Waals surface area contributed by atoms with E-state index in [2.05, 4.69) is 21.2 Å². The van der Waals surface area contributed by atoms with Gasteiger partial charge < -0.3 is 10.1 Å². The molecule has 0 unspecified atom stereocenters. The highest BCUT2D eigenvalue weighted by Crippen LogP contribution is 2.46. The van der Waals surface area contributed by atoms with Gasteiger partial charge in [-0.05, 0) is 31.0 Å². The number of benzene rings is 1. The fourth-order valence-corrected chi connectivity index (χ4v) is 2.08. The summed E-state index contributed by atoms with van der Waals surface area (Å²) in [6.07, 6.45) is 1.59. The minimum atomic E-state index is -0.455. The Balaban J connectivity index is 2.03. The molecule has 92 valence electrons. The van der Waals surface area contributed by atoms with Crippen LogP contribution >= 0.6 is 15.9 Å². The maximum atomic E-state index is 13.4. The van der Waals surface area contributed by atoms with Gasteiger partial charge in [-0.1, -0.05) is 15.9 Å². The van der Waals surface area contributed by atoms with Crippen LogP contribution in [-0.2, 0) is 9.53 Å². The molecule has 0 atom stereocenters. The van der Waals surface area contributed by atoms with Gasteiger partial charge in [0.1, 0.15) is 5.82 Å². The highest BCUT2D eigenvalue weighted by atomic mass is 79.9. The monoisotopic (exact) mass is 301 g/mol. The highest BCUT2D eigenvalue weighted by Gasteiger charge is 2.50. The number of rotatable bonds is 4. The van der Waals surface area contributed by atoms with Gasteiger partial charge in [-0.2, -0.15) is 0 Å². The van der Waals surface area contributed by atoms with E-state index in [0.717, 1.165) is 17.3 Å². The molecule has 1 aromatic rings. The molecule has 0 bridgehead atoms. The van der Waals surface area contributed by atoms with E-state index >= 15 is 0 Å². The lowest BCUT2D eigenvalue weighted by Crippen LogP contribution is -2.26. The molecule has 1 fully saturated rings. The molecule has 0 aromatic heterocycles. The molecule has 0 aliphatic heterocycles. The van der Waals surface area contributed by atoms with Gasteiger partial charge in [0, 0.05) is 11.0 Å². The second-order valence-electron chi connectivity index (χ2n) is 4.25. The first-order valence-corrected chi connectivity index (χ1v) is 6.14. The Hall–Kier alpha value is -1.10. The van der Waals surface area contributed by atoms with Gasteiger partial charge in [0.15, 0.2) is 0 Å². The molecule has 1 saturated carbocycles. The molecule has 0 heterocycles. The van der Waals surface area contributed by atoms with Crippen molar-refractivity contribution in [3.63, 3.8) is 0 Å². The number of halogens is 2. The lowest BCUT2D eigenvalue weighted by Gasteiger charge is -2.15. The molecular formula is C12H13BrFNO2. The van der Waals surface area contributed by atoms with Crippen LogP contribution in [0.4, 0.5) is 10.1 Å². The van der Waals surface area contributed by atoms with E-state index in [1.165, 1.54) is 13.2 Å². The maximum absolute atomic E-state index is 13.4. The number of methoxy groups -OCH3 is 1. The first-order valence-electron chi connectivity index (χ1n) is 5.35. The highest BCUT2D eigenvalue weighted by molar-refractivity contribution is 9.10. The number of hydrogen-bond donors (Lipinski definition) is 1. The molecule has 1 aliphatic carbocycles. The van der Waals surface area contributed by atoms with Crippen molar-refractivity contribution < 1.29 is 13.9 Å². The van der Waals surface area contributed by atoms with E-state index < -0.39 is 5.41 Å². The van der Waals surface area contributed by atoms with Crippen LogP contribution in [0.2, 0.25) is 0 Å². The van der Waals surface area contributed by atoms with Crippen molar-refractivity contribution in [3.05, 3.63) is 28.5 Å². The summed E-state index contributed by atoms with van der Waals surface area (Å²) in [4.78, 5) is 11.5. The molecular weight excluding hydrogens is 289 g/mol. The number of esters is 1. The Bertz CT molecular complexity index is 446. The summed E-state index contributed by atoms with van der Waals surface area (Å²) < 4.78 is 19.0. The quantitative estimate of drug-likeness (QED) is 0.869. The third-order valence-corrected chi connectivity index (χ3v) is 3.51. The fourth-order valence-electron chi connectivity index (χ4n) is 1.72. The number of nitrogens with one attached hydrogen (secondary N) is 1. The van der Waals surface area contributed by atoms with Crippen molar-refractivity contribution in [2.24, 2.45) is 5.41 Å². The lowest BCUT2D eigenvalue weighted by molar-refractivity contribution is -0.146. The van der Waals surface area contributed by atoms with Gasteiger partial charge in [-0.3, -0.25) is 4.79 Å². The van der Waals surface area contributed by atoms with Gasteiger partial charge in [0.25, 0.3) is 0 Å². The molecule has 1 aliphatic rings. The van der Waals surface area contributed by atoms with E-state index in [0.29, 0.717) is 12.2 Å². The van der Waals surface area contributed by atoms with Crippen molar-refractivity contribution in [2.45, 2.75) is 12.8 Å². The predicted molar refractivity (Wildman–Crippen MR) is 66.3 cm³/mol. The van der Waals surface area contributed by atoms with Gasteiger partial charge in [-0.15, -0.1) is 0 Å². The maximum Gasteiger partial charge on any atom is 0.313 e. The minimum Gasteiger partial charge on any atom is -0.469 e. The second-order valence-corrected chi connectivity index (χ2v) is 5.17. The van der Waals surface area contributed by atoms with Crippen molar-refractivity contribution in [1.29, 1.82) is 0 Å². The number of ether oxygens (including phenoxy) is 1. The summed E-state index contributed by atoms with van der Waals surface area (Å²) in [6, 6.07) is 4.67. The van der Waals surface area contributed by atoms with Gasteiger partial charge in [0.2, 0.25) is 0 Å². The standard InChI is InChI=1S/C12H13BrFNO2/c1-17-11(16)12(4-5-12)7-15-10-6-8(13)2-3-9(10)14/h2-3,6,15H,4-5,7H2,1H3. The fraction of sp³-hybridized carbons (Fsp3) is 0.417. The van der Waals surface area contributed by atoms with Crippen LogP contribution < -0.4 is 5.32 Å². The van der Waals surface area contributed by atoms with Crippen LogP contribution in [0.25, 0.3) is 0 Å². The van der Waals surface area contributed by atoms with E-state index in [-0.39, 0.29) is 11.8 Å². The summed E-state index contributed by atoms with van der Waals surface area (Å²) in [5, 5.41) is 2.97. The van der Waals surface area contributed by atoms with Crippen LogP contribution in [0.3, 0.4) is 0 Å². The van der Waals surface area contributed by atoms with Crippen molar-refractivity contribution in [2.75, 3.05) is 19.0 Å². The van der Waals surface area contributed by atoms with Crippen LogP contribution in [0.5, 0.6) is 0 Å². The third-order valence-electron chi connectivity index (χ3n) is 3.02. The molecule has 0 amide bonds. The number of carbonyl (C=O) groups is 1. The van der Waals surface area contributed by atoms with E-state index in [9.17, 15) is 9.18 Å². The van der Waals surface area contributed by atoms with E-state index in [1.54, 1.807) is 12.1 Å². The van der Waals surface area contributed by atoms with Gasteiger partial charge in [-0.25, -0.2) is 4.39 Å².